The lowest BCUT2D eigenvalue weighted by Crippen LogP contribution is -2.24. The van der Waals surface area contributed by atoms with E-state index in [4.69, 9.17) is 11.6 Å². The molecule has 4 aromatic rings. The van der Waals surface area contributed by atoms with Gasteiger partial charge in [0.2, 0.25) is 11.0 Å². The maximum Gasteiger partial charge on any atom is 0.257 e. The fourth-order valence-corrected chi connectivity index (χ4v) is 4.94. The average molecular weight is 489 g/mol. The summed E-state index contributed by atoms with van der Waals surface area (Å²) in [5, 5.41) is 13.0. The second-order valence-electron chi connectivity index (χ2n) is 8.18. The maximum absolute atomic E-state index is 12.7. The van der Waals surface area contributed by atoms with E-state index in [-0.39, 0.29) is 17.7 Å². The molecule has 1 saturated heterocycles. The van der Waals surface area contributed by atoms with Gasteiger partial charge in [0.1, 0.15) is 5.01 Å². The van der Waals surface area contributed by atoms with E-state index < -0.39 is 0 Å². The summed E-state index contributed by atoms with van der Waals surface area (Å²) in [7, 11) is 0. The normalized spacial score (nSPS) is 15.5. The van der Waals surface area contributed by atoms with E-state index in [0.29, 0.717) is 28.7 Å². The van der Waals surface area contributed by atoms with Gasteiger partial charge < -0.3 is 4.90 Å². The first-order valence-electron chi connectivity index (χ1n) is 10.8. The first kappa shape index (κ1) is 22.3. The molecule has 0 spiro atoms. The summed E-state index contributed by atoms with van der Waals surface area (Å²) in [5.74, 6) is -0.314. The lowest BCUT2D eigenvalue weighted by molar-refractivity contribution is -0.117. The van der Waals surface area contributed by atoms with Crippen molar-refractivity contribution in [2.24, 2.45) is 0 Å². The molecular formula is C26H21ClN4O2S. The maximum atomic E-state index is 12.7. The van der Waals surface area contributed by atoms with Gasteiger partial charge in [0.05, 0.1) is 0 Å². The summed E-state index contributed by atoms with van der Waals surface area (Å²) < 4.78 is 0. The van der Waals surface area contributed by atoms with Crippen molar-refractivity contribution < 1.29 is 9.59 Å². The number of benzene rings is 3. The highest BCUT2D eigenvalue weighted by Gasteiger charge is 2.34. The fourth-order valence-electron chi connectivity index (χ4n) is 3.94. The molecule has 0 aliphatic carbocycles. The van der Waals surface area contributed by atoms with Crippen LogP contribution in [0.3, 0.4) is 0 Å². The van der Waals surface area contributed by atoms with Crippen LogP contribution in [0.4, 0.5) is 10.8 Å². The monoisotopic (exact) mass is 488 g/mol. The number of aromatic nitrogens is 2. The van der Waals surface area contributed by atoms with Crippen molar-refractivity contribution in [2.75, 3.05) is 16.8 Å². The molecule has 1 N–H and O–H groups in total. The summed E-state index contributed by atoms with van der Waals surface area (Å²) in [6.45, 7) is 2.43. The van der Waals surface area contributed by atoms with Crippen molar-refractivity contribution in [3.8, 4) is 11.1 Å². The summed E-state index contributed by atoms with van der Waals surface area (Å²) in [5.41, 5.74) is 4.42. The van der Waals surface area contributed by atoms with Crippen LogP contribution in [0.1, 0.15) is 33.3 Å². The van der Waals surface area contributed by atoms with E-state index in [1.807, 2.05) is 67.6 Å². The number of hydrogen-bond acceptors (Lipinski definition) is 5. The molecule has 1 aliphatic heterocycles. The molecule has 34 heavy (non-hydrogen) atoms. The zero-order valence-electron chi connectivity index (χ0n) is 18.4. The second kappa shape index (κ2) is 9.37. The van der Waals surface area contributed by atoms with Crippen molar-refractivity contribution in [1.29, 1.82) is 0 Å². The number of rotatable bonds is 5. The van der Waals surface area contributed by atoms with Gasteiger partial charge in [-0.1, -0.05) is 71.5 Å². The Kier molecular flexibility index (Phi) is 6.13. The van der Waals surface area contributed by atoms with Crippen LogP contribution in [0.15, 0.2) is 72.8 Å². The van der Waals surface area contributed by atoms with Gasteiger partial charge >= 0.3 is 0 Å². The summed E-state index contributed by atoms with van der Waals surface area (Å²) >= 11 is 7.54. The van der Waals surface area contributed by atoms with Crippen molar-refractivity contribution >= 4 is 45.6 Å². The first-order valence-corrected chi connectivity index (χ1v) is 12.0. The Morgan fingerprint density at radius 3 is 2.50 bits per heavy atom. The van der Waals surface area contributed by atoms with E-state index in [2.05, 4.69) is 15.5 Å². The summed E-state index contributed by atoms with van der Waals surface area (Å²) in [6, 6.07) is 23.0. The lowest BCUT2D eigenvalue weighted by atomic mass is 10.0. The molecule has 3 aromatic carbocycles. The highest BCUT2D eigenvalue weighted by molar-refractivity contribution is 7.15. The Morgan fingerprint density at radius 2 is 1.76 bits per heavy atom. The number of amides is 2. The lowest BCUT2D eigenvalue weighted by Gasteiger charge is -2.17. The number of carbonyl (C=O) groups excluding carboxylic acids is 2. The van der Waals surface area contributed by atoms with Crippen molar-refractivity contribution in [3.63, 3.8) is 0 Å². The van der Waals surface area contributed by atoms with Crippen LogP contribution in [-0.2, 0) is 4.79 Å². The van der Waals surface area contributed by atoms with Gasteiger partial charge in [-0.15, -0.1) is 10.2 Å². The molecule has 6 nitrogen and oxygen atoms in total. The number of nitrogens with one attached hydrogen (secondary N) is 1. The predicted molar refractivity (Wildman–Crippen MR) is 136 cm³/mol. The number of anilines is 2. The molecule has 1 fully saturated rings. The molecule has 1 aromatic heterocycles. The molecular weight excluding hydrogens is 468 g/mol. The van der Waals surface area contributed by atoms with Crippen LogP contribution >= 0.6 is 22.9 Å². The molecule has 1 aliphatic rings. The van der Waals surface area contributed by atoms with Gasteiger partial charge in [-0.25, -0.2) is 0 Å². The van der Waals surface area contributed by atoms with Crippen molar-refractivity contribution in [2.45, 2.75) is 19.3 Å². The Labute approximate surface area is 206 Å². The highest BCUT2D eigenvalue weighted by Crippen LogP contribution is 2.35. The minimum Gasteiger partial charge on any atom is -0.312 e. The van der Waals surface area contributed by atoms with Crippen LogP contribution in [0.2, 0.25) is 5.02 Å². The van der Waals surface area contributed by atoms with E-state index >= 15 is 0 Å². The molecule has 0 radical (unpaired) electrons. The SMILES string of the molecule is Cc1ccc(N2CC(c3nnc(NC(=O)c4ccc(-c5ccccc5)cc4)s3)CC2=O)cc1Cl. The molecule has 2 amide bonds. The molecule has 1 atom stereocenters. The molecule has 1 unspecified atom stereocenters. The molecule has 0 saturated carbocycles. The molecule has 8 heteroatoms. The molecule has 170 valence electrons. The molecule has 2 heterocycles. The molecule has 0 bridgehead atoms. The van der Waals surface area contributed by atoms with Crippen molar-refractivity contribution in [3.05, 3.63) is 94.0 Å². The topological polar surface area (TPSA) is 75.2 Å². The van der Waals surface area contributed by atoms with Crippen molar-refractivity contribution in [1.82, 2.24) is 10.2 Å². The number of nitrogens with zero attached hydrogens (tertiary/aromatic N) is 3. The third kappa shape index (κ3) is 4.58. The standard InChI is InChI=1S/C26H21ClN4O2S/c1-16-7-12-21(14-22(16)27)31-15-20(13-23(31)32)25-29-30-26(34-25)28-24(33)19-10-8-18(9-11-19)17-5-3-2-4-6-17/h2-12,14,20H,13,15H2,1H3,(H,28,30,33). The Bertz CT molecular complexity index is 1350. The van der Waals surface area contributed by atoms with Crippen LogP contribution in [-0.4, -0.2) is 28.6 Å². The van der Waals surface area contributed by atoms with Gasteiger partial charge in [-0.05, 0) is 47.9 Å². The third-order valence-corrected chi connectivity index (χ3v) is 7.27. The van der Waals surface area contributed by atoms with E-state index in [1.165, 1.54) is 11.3 Å². The largest absolute Gasteiger partial charge is 0.312 e. The van der Waals surface area contributed by atoms with Gasteiger partial charge in [0, 0.05) is 35.2 Å². The average Bonchev–Trinajstić information content (AvgIpc) is 3.48. The quantitative estimate of drug-likeness (QED) is 0.377. The smallest absolute Gasteiger partial charge is 0.257 e. The zero-order chi connectivity index (χ0) is 23.7. The van der Waals surface area contributed by atoms with Crippen LogP contribution in [0.5, 0.6) is 0 Å². The Balaban J connectivity index is 1.25. The van der Waals surface area contributed by atoms with Crippen LogP contribution in [0.25, 0.3) is 11.1 Å². The predicted octanol–water partition coefficient (Wildman–Crippen LogP) is 5.94. The minimum absolute atomic E-state index is 0.0178. The Hall–Kier alpha value is -3.55. The number of aryl methyl sites for hydroxylation is 1. The van der Waals surface area contributed by atoms with Crippen LogP contribution in [0, 0.1) is 6.92 Å². The number of hydrogen-bond donors (Lipinski definition) is 1. The summed E-state index contributed by atoms with van der Waals surface area (Å²) in [4.78, 5) is 27.0. The van der Waals surface area contributed by atoms with E-state index in [0.717, 1.165) is 27.4 Å². The summed E-state index contributed by atoms with van der Waals surface area (Å²) in [6.07, 6.45) is 0.342. The van der Waals surface area contributed by atoms with Gasteiger partial charge in [-0.3, -0.25) is 14.9 Å². The number of halogens is 1. The minimum atomic E-state index is -0.249. The van der Waals surface area contributed by atoms with Gasteiger partial charge in [0.25, 0.3) is 5.91 Å². The zero-order valence-corrected chi connectivity index (χ0v) is 19.9. The Morgan fingerprint density at radius 1 is 1.03 bits per heavy atom. The van der Waals surface area contributed by atoms with E-state index in [9.17, 15) is 9.59 Å². The number of carbonyl (C=O) groups is 2. The van der Waals surface area contributed by atoms with E-state index in [1.54, 1.807) is 17.0 Å². The highest BCUT2D eigenvalue weighted by atomic mass is 35.5. The van der Waals surface area contributed by atoms with Gasteiger partial charge in [-0.2, -0.15) is 0 Å². The molecule has 5 rings (SSSR count). The third-order valence-electron chi connectivity index (χ3n) is 5.86. The van der Waals surface area contributed by atoms with Gasteiger partial charge in [0.15, 0.2) is 0 Å². The second-order valence-corrected chi connectivity index (χ2v) is 9.60. The fraction of sp³-hybridized carbons (Fsp3) is 0.154. The van der Waals surface area contributed by atoms with Crippen LogP contribution < -0.4 is 10.2 Å². The first-order chi connectivity index (χ1) is 16.5.